The monoisotopic (exact) mass is 305 g/mol. The summed E-state index contributed by atoms with van der Waals surface area (Å²) in [6, 6.07) is 4.75. The van der Waals surface area contributed by atoms with E-state index in [1.807, 2.05) is 0 Å². The number of carbonyl (C=O) groups excluding carboxylic acids is 2. The zero-order chi connectivity index (χ0) is 16.4. The third-order valence-corrected chi connectivity index (χ3v) is 3.45. The molecular formula is C14H15N3O5. The molecule has 2 rings (SSSR count). The molecule has 1 aliphatic heterocycles. The lowest BCUT2D eigenvalue weighted by atomic mass is 9.96. The predicted octanol–water partition coefficient (Wildman–Crippen LogP) is 0.838. The van der Waals surface area contributed by atoms with Crippen molar-refractivity contribution < 1.29 is 19.6 Å². The number of non-ortho nitro benzene ring substituents is 1. The Morgan fingerprint density at radius 3 is 2.73 bits per heavy atom. The molecule has 0 saturated heterocycles. The molecule has 0 saturated carbocycles. The Morgan fingerprint density at radius 1 is 1.50 bits per heavy atom. The van der Waals surface area contributed by atoms with Crippen molar-refractivity contribution in [2.75, 3.05) is 13.1 Å². The molecule has 0 fully saturated rings. The Bertz CT molecular complexity index is 683. The normalized spacial score (nSPS) is 18.0. The molecule has 8 nitrogen and oxygen atoms in total. The summed E-state index contributed by atoms with van der Waals surface area (Å²) in [6.07, 6.45) is 0. The first kappa shape index (κ1) is 15.6. The number of nitrogens with two attached hydrogens (primary N) is 1. The number of Topliss-reactive ketones (excluding diaryl/α,β-unsaturated/α-hetero) is 1. The fourth-order valence-corrected chi connectivity index (χ4v) is 2.54. The van der Waals surface area contributed by atoms with E-state index in [9.17, 15) is 24.8 Å². The number of amides is 1. The van der Waals surface area contributed by atoms with Crippen molar-refractivity contribution in [3.8, 4) is 0 Å². The van der Waals surface area contributed by atoms with Crippen LogP contribution in [0, 0.1) is 10.1 Å². The molecule has 1 amide bonds. The van der Waals surface area contributed by atoms with Crippen molar-refractivity contribution in [3.63, 3.8) is 0 Å². The average molecular weight is 305 g/mol. The summed E-state index contributed by atoms with van der Waals surface area (Å²) in [5, 5.41) is 20.8. The first-order chi connectivity index (χ1) is 10.4. The van der Waals surface area contributed by atoms with Crippen LogP contribution in [0.5, 0.6) is 0 Å². The fraction of sp³-hybridized carbons (Fsp3) is 0.286. The maximum Gasteiger partial charge on any atom is 0.290 e. The average Bonchev–Trinajstić information content (AvgIpc) is 2.72. The lowest BCUT2D eigenvalue weighted by molar-refractivity contribution is -0.384. The standard InChI is InChI=1S/C14H15N3O5/c1-8(18)11-12(16(6-5-15)14(20)13(11)19)9-3-2-4-10(7-9)17(21)22/h2-4,7,12,19H,5-6,15H2,1H3. The van der Waals surface area contributed by atoms with E-state index in [1.165, 1.54) is 30.0 Å². The summed E-state index contributed by atoms with van der Waals surface area (Å²) >= 11 is 0. The van der Waals surface area contributed by atoms with Crippen LogP contribution in [0.15, 0.2) is 35.6 Å². The second-order valence-corrected chi connectivity index (χ2v) is 4.86. The summed E-state index contributed by atoms with van der Waals surface area (Å²) in [7, 11) is 0. The van der Waals surface area contributed by atoms with E-state index in [0.717, 1.165) is 0 Å². The van der Waals surface area contributed by atoms with Gasteiger partial charge in [0.05, 0.1) is 16.5 Å². The number of rotatable bonds is 5. The fourth-order valence-electron chi connectivity index (χ4n) is 2.54. The molecule has 3 N–H and O–H groups in total. The van der Waals surface area contributed by atoms with E-state index in [4.69, 9.17) is 5.73 Å². The van der Waals surface area contributed by atoms with Crippen LogP contribution < -0.4 is 5.73 Å². The number of aliphatic hydroxyl groups is 1. The third kappa shape index (κ3) is 2.56. The molecule has 0 aromatic heterocycles. The zero-order valence-electron chi connectivity index (χ0n) is 11.9. The Labute approximate surface area is 126 Å². The maximum atomic E-state index is 12.1. The van der Waals surface area contributed by atoms with Gasteiger partial charge in [0.25, 0.3) is 11.6 Å². The highest BCUT2D eigenvalue weighted by Crippen LogP contribution is 2.38. The van der Waals surface area contributed by atoms with Gasteiger partial charge in [-0.15, -0.1) is 0 Å². The maximum absolute atomic E-state index is 12.1. The van der Waals surface area contributed by atoms with E-state index in [0.29, 0.717) is 5.56 Å². The van der Waals surface area contributed by atoms with Crippen LogP contribution in [-0.2, 0) is 9.59 Å². The molecular weight excluding hydrogens is 290 g/mol. The highest BCUT2D eigenvalue weighted by molar-refractivity contribution is 6.08. The summed E-state index contributed by atoms with van der Waals surface area (Å²) in [6.45, 7) is 1.48. The number of hydrogen-bond acceptors (Lipinski definition) is 6. The smallest absolute Gasteiger partial charge is 0.290 e. The quantitative estimate of drug-likeness (QED) is 0.613. The van der Waals surface area contributed by atoms with E-state index in [-0.39, 0.29) is 24.4 Å². The molecule has 0 radical (unpaired) electrons. The van der Waals surface area contributed by atoms with Crippen LogP contribution in [0.1, 0.15) is 18.5 Å². The van der Waals surface area contributed by atoms with Gasteiger partial charge in [-0.05, 0) is 12.5 Å². The summed E-state index contributed by atoms with van der Waals surface area (Å²) < 4.78 is 0. The number of carbonyl (C=O) groups is 2. The molecule has 0 spiro atoms. The van der Waals surface area contributed by atoms with Gasteiger partial charge < -0.3 is 15.7 Å². The van der Waals surface area contributed by atoms with Gasteiger partial charge in [-0.2, -0.15) is 0 Å². The second-order valence-electron chi connectivity index (χ2n) is 4.86. The molecule has 1 atom stereocenters. The first-order valence-corrected chi connectivity index (χ1v) is 6.58. The lowest BCUT2D eigenvalue weighted by Crippen LogP contribution is -2.35. The van der Waals surface area contributed by atoms with Gasteiger partial charge in [-0.1, -0.05) is 12.1 Å². The highest BCUT2D eigenvalue weighted by Gasteiger charge is 2.42. The van der Waals surface area contributed by atoms with Gasteiger partial charge in [0.15, 0.2) is 11.5 Å². The van der Waals surface area contributed by atoms with Crippen molar-refractivity contribution in [2.24, 2.45) is 5.73 Å². The van der Waals surface area contributed by atoms with E-state index < -0.39 is 28.4 Å². The number of nitrogens with zero attached hydrogens (tertiary/aromatic N) is 2. The number of nitro groups is 1. The van der Waals surface area contributed by atoms with E-state index >= 15 is 0 Å². The summed E-state index contributed by atoms with van der Waals surface area (Å²) in [4.78, 5) is 35.5. The number of nitro benzene ring substituents is 1. The van der Waals surface area contributed by atoms with Gasteiger partial charge >= 0.3 is 0 Å². The molecule has 8 heteroatoms. The third-order valence-electron chi connectivity index (χ3n) is 3.45. The Balaban J connectivity index is 2.57. The minimum atomic E-state index is -0.867. The van der Waals surface area contributed by atoms with Crippen LogP contribution in [0.25, 0.3) is 0 Å². The van der Waals surface area contributed by atoms with Crippen molar-refractivity contribution in [1.29, 1.82) is 0 Å². The minimum absolute atomic E-state index is 0.0704. The molecule has 1 aliphatic rings. The zero-order valence-corrected chi connectivity index (χ0v) is 11.9. The lowest BCUT2D eigenvalue weighted by Gasteiger charge is -2.25. The van der Waals surface area contributed by atoms with E-state index in [2.05, 4.69) is 0 Å². The van der Waals surface area contributed by atoms with Crippen molar-refractivity contribution >= 4 is 17.4 Å². The number of aliphatic hydroxyl groups excluding tert-OH is 1. The van der Waals surface area contributed by atoms with Crippen LogP contribution in [0.4, 0.5) is 5.69 Å². The van der Waals surface area contributed by atoms with Crippen LogP contribution in [0.3, 0.4) is 0 Å². The van der Waals surface area contributed by atoms with Gasteiger partial charge in [0.2, 0.25) is 0 Å². The van der Waals surface area contributed by atoms with Crippen molar-refractivity contribution in [2.45, 2.75) is 13.0 Å². The highest BCUT2D eigenvalue weighted by atomic mass is 16.6. The Hall–Kier alpha value is -2.74. The molecule has 1 aromatic rings. The molecule has 0 aliphatic carbocycles. The summed E-state index contributed by atoms with van der Waals surface area (Å²) in [5.41, 5.74) is 5.62. The number of benzene rings is 1. The van der Waals surface area contributed by atoms with Gasteiger partial charge in [-0.3, -0.25) is 19.7 Å². The predicted molar refractivity (Wildman–Crippen MR) is 76.9 cm³/mol. The van der Waals surface area contributed by atoms with Crippen LogP contribution in [0.2, 0.25) is 0 Å². The first-order valence-electron chi connectivity index (χ1n) is 6.58. The minimum Gasteiger partial charge on any atom is -0.503 e. The SMILES string of the molecule is CC(=O)C1=C(O)C(=O)N(CCN)C1c1cccc([N+](=O)[O-])c1. The molecule has 1 aromatic carbocycles. The largest absolute Gasteiger partial charge is 0.503 e. The number of hydrogen-bond donors (Lipinski definition) is 2. The summed E-state index contributed by atoms with van der Waals surface area (Å²) in [5.74, 6) is -1.80. The van der Waals surface area contributed by atoms with Gasteiger partial charge in [0.1, 0.15) is 0 Å². The molecule has 22 heavy (non-hydrogen) atoms. The Kier molecular flexibility index (Phi) is 4.22. The second kappa shape index (κ2) is 5.94. The van der Waals surface area contributed by atoms with Crippen molar-refractivity contribution in [3.05, 3.63) is 51.3 Å². The topological polar surface area (TPSA) is 127 Å². The molecule has 0 bridgehead atoms. The van der Waals surface area contributed by atoms with Gasteiger partial charge in [0, 0.05) is 25.2 Å². The van der Waals surface area contributed by atoms with E-state index in [1.54, 1.807) is 6.07 Å². The molecule has 1 unspecified atom stereocenters. The number of ketones is 1. The van der Waals surface area contributed by atoms with Gasteiger partial charge in [-0.25, -0.2) is 0 Å². The molecule has 116 valence electrons. The van der Waals surface area contributed by atoms with Crippen LogP contribution in [-0.4, -0.2) is 39.7 Å². The van der Waals surface area contributed by atoms with Crippen LogP contribution >= 0.6 is 0 Å². The van der Waals surface area contributed by atoms with Crippen molar-refractivity contribution in [1.82, 2.24) is 4.90 Å². The Morgan fingerprint density at radius 2 is 2.18 bits per heavy atom. The molecule has 1 heterocycles.